The van der Waals surface area contributed by atoms with Crippen molar-refractivity contribution >= 4 is 15.7 Å². The van der Waals surface area contributed by atoms with E-state index in [1.54, 1.807) is 0 Å². The molecule has 0 radical (unpaired) electrons. The molecular weight excluding hydrogens is 328 g/mol. The molecule has 1 fully saturated rings. The third-order valence-corrected chi connectivity index (χ3v) is 6.36. The molecule has 0 aliphatic carbocycles. The van der Waals surface area contributed by atoms with Gasteiger partial charge in [-0.2, -0.15) is 0 Å². The summed E-state index contributed by atoms with van der Waals surface area (Å²) in [6.45, 7) is 4.98. The Labute approximate surface area is 143 Å². The molecule has 0 aromatic heterocycles. The Hall–Kier alpha value is -1.60. The molecular formula is C17H26N2O4S. The largest absolute Gasteiger partial charge is 0.486 e. The molecule has 1 saturated heterocycles. The van der Waals surface area contributed by atoms with Crippen molar-refractivity contribution < 1.29 is 17.9 Å². The summed E-state index contributed by atoms with van der Waals surface area (Å²) < 4.78 is 29.0. The minimum atomic E-state index is -3.51. The number of nitrogens with one attached hydrogen (secondary N) is 2. The fourth-order valence-electron chi connectivity index (χ4n) is 2.89. The topological polar surface area (TPSA) is 84.5 Å². The number of carbonyl (C=O) groups is 1. The quantitative estimate of drug-likeness (QED) is 0.800. The molecule has 1 aliphatic heterocycles. The molecule has 2 rings (SSSR count). The highest BCUT2D eigenvalue weighted by Gasteiger charge is 2.48. The predicted molar refractivity (Wildman–Crippen MR) is 93.8 cm³/mol. The van der Waals surface area contributed by atoms with Crippen molar-refractivity contribution in [3.8, 4) is 5.75 Å². The fourth-order valence-corrected chi connectivity index (χ4v) is 4.25. The number of hydrogen-bond acceptors (Lipinski definition) is 5. The number of sulfone groups is 1. The van der Waals surface area contributed by atoms with Crippen molar-refractivity contribution in [3.63, 3.8) is 0 Å². The van der Waals surface area contributed by atoms with Crippen molar-refractivity contribution in [3.05, 3.63) is 30.3 Å². The maximum atomic E-state index is 12.7. The second-order valence-electron chi connectivity index (χ2n) is 6.87. The Morgan fingerprint density at radius 3 is 2.38 bits per heavy atom. The highest BCUT2D eigenvalue weighted by molar-refractivity contribution is 7.92. The Bertz CT molecular complexity index is 665. The van der Waals surface area contributed by atoms with Gasteiger partial charge in [-0.3, -0.25) is 4.79 Å². The molecule has 1 amide bonds. The molecule has 7 heteroatoms. The lowest BCUT2D eigenvalue weighted by molar-refractivity contribution is -0.125. The lowest BCUT2D eigenvalue weighted by atomic mass is 9.95. The van der Waals surface area contributed by atoms with Gasteiger partial charge in [-0.05, 0) is 51.9 Å². The van der Waals surface area contributed by atoms with Crippen LogP contribution in [0.15, 0.2) is 30.3 Å². The molecule has 0 bridgehead atoms. The summed E-state index contributed by atoms with van der Waals surface area (Å²) in [6.07, 6.45) is 1.72. The lowest BCUT2D eigenvalue weighted by Gasteiger charge is -2.35. The standard InChI is InChI=1S/C17H26N2O4S/c1-16(2,23-14-7-5-4-6-8-14)13-19-15(20)17(24(3,21)22)9-11-18-12-10-17/h4-8,18H,9-13H2,1-3H3,(H,19,20). The van der Waals surface area contributed by atoms with Crippen LogP contribution in [0.25, 0.3) is 0 Å². The minimum absolute atomic E-state index is 0.228. The molecule has 24 heavy (non-hydrogen) atoms. The van der Waals surface area contributed by atoms with Crippen molar-refractivity contribution in [2.24, 2.45) is 0 Å². The lowest BCUT2D eigenvalue weighted by Crippen LogP contribution is -2.59. The number of benzene rings is 1. The van der Waals surface area contributed by atoms with Crippen LogP contribution in [0, 0.1) is 0 Å². The van der Waals surface area contributed by atoms with Gasteiger partial charge in [0.2, 0.25) is 5.91 Å². The first kappa shape index (κ1) is 18.7. The van der Waals surface area contributed by atoms with Crippen LogP contribution in [-0.4, -0.2) is 50.6 Å². The number of para-hydroxylation sites is 1. The summed E-state index contributed by atoms with van der Waals surface area (Å²) in [5.74, 6) is 0.271. The normalized spacial score (nSPS) is 18.0. The predicted octanol–water partition coefficient (Wildman–Crippen LogP) is 1.13. The van der Waals surface area contributed by atoms with Gasteiger partial charge in [-0.25, -0.2) is 8.42 Å². The fraction of sp³-hybridized carbons (Fsp3) is 0.588. The molecule has 1 heterocycles. The van der Waals surface area contributed by atoms with Gasteiger partial charge in [0, 0.05) is 6.26 Å². The van der Waals surface area contributed by atoms with Crippen molar-refractivity contribution in [2.45, 2.75) is 37.0 Å². The summed E-state index contributed by atoms with van der Waals surface area (Å²) in [5, 5.41) is 5.89. The van der Waals surface area contributed by atoms with E-state index in [4.69, 9.17) is 4.74 Å². The van der Waals surface area contributed by atoms with Gasteiger partial charge in [0.1, 0.15) is 11.4 Å². The number of carbonyl (C=O) groups excluding carboxylic acids is 1. The molecule has 0 atom stereocenters. The van der Waals surface area contributed by atoms with E-state index in [0.717, 1.165) is 6.26 Å². The summed E-state index contributed by atoms with van der Waals surface area (Å²) in [7, 11) is -3.51. The molecule has 0 spiro atoms. The minimum Gasteiger partial charge on any atom is -0.486 e. The van der Waals surface area contributed by atoms with Crippen LogP contribution in [0.3, 0.4) is 0 Å². The van der Waals surface area contributed by atoms with Crippen LogP contribution in [0.5, 0.6) is 5.75 Å². The van der Waals surface area contributed by atoms with Crippen molar-refractivity contribution in [1.29, 1.82) is 0 Å². The number of piperidine rings is 1. The molecule has 0 unspecified atom stereocenters. The molecule has 2 N–H and O–H groups in total. The van der Waals surface area contributed by atoms with Crippen LogP contribution in [0.1, 0.15) is 26.7 Å². The zero-order valence-corrected chi connectivity index (χ0v) is 15.3. The van der Waals surface area contributed by atoms with E-state index in [1.165, 1.54) is 0 Å². The van der Waals surface area contributed by atoms with Crippen molar-refractivity contribution in [2.75, 3.05) is 25.9 Å². The number of hydrogen-bond donors (Lipinski definition) is 2. The summed E-state index contributed by atoms with van der Waals surface area (Å²) in [4.78, 5) is 12.7. The van der Waals surface area contributed by atoms with Gasteiger partial charge in [0.25, 0.3) is 0 Å². The summed E-state index contributed by atoms with van der Waals surface area (Å²) >= 11 is 0. The van der Waals surface area contributed by atoms with E-state index in [0.29, 0.717) is 18.8 Å². The monoisotopic (exact) mass is 354 g/mol. The number of ether oxygens (including phenoxy) is 1. The maximum absolute atomic E-state index is 12.7. The van der Waals surface area contributed by atoms with Crippen LogP contribution in [0.2, 0.25) is 0 Å². The first-order chi connectivity index (χ1) is 11.2. The Balaban J connectivity index is 2.05. The molecule has 1 aliphatic rings. The van der Waals surface area contributed by atoms with E-state index in [9.17, 15) is 13.2 Å². The first-order valence-corrected chi connectivity index (χ1v) is 9.98. The zero-order chi connectivity index (χ0) is 17.8. The van der Waals surface area contributed by atoms with Gasteiger partial charge in [-0.1, -0.05) is 18.2 Å². The maximum Gasteiger partial charge on any atom is 0.241 e. The van der Waals surface area contributed by atoms with Gasteiger partial charge < -0.3 is 15.4 Å². The van der Waals surface area contributed by atoms with Gasteiger partial charge >= 0.3 is 0 Å². The average Bonchev–Trinajstić information content (AvgIpc) is 2.53. The van der Waals surface area contributed by atoms with E-state index in [1.807, 2.05) is 44.2 Å². The Morgan fingerprint density at radius 1 is 1.25 bits per heavy atom. The van der Waals surface area contributed by atoms with E-state index in [2.05, 4.69) is 10.6 Å². The zero-order valence-electron chi connectivity index (χ0n) is 14.5. The SMILES string of the molecule is CC(C)(CNC(=O)C1(S(C)(=O)=O)CCNCC1)Oc1ccccc1. The average molecular weight is 354 g/mol. The molecule has 1 aromatic rings. The van der Waals surface area contributed by atoms with Gasteiger partial charge in [0.15, 0.2) is 14.6 Å². The number of rotatable bonds is 6. The second kappa shape index (κ2) is 7.11. The van der Waals surface area contributed by atoms with Gasteiger partial charge in [-0.15, -0.1) is 0 Å². The van der Waals surface area contributed by atoms with Gasteiger partial charge in [0.05, 0.1) is 6.54 Å². The van der Waals surface area contributed by atoms with Crippen LogP contribution < -0.4 is 15.4 Å². The third-order valence-electron chi connectivity index (χ3n) is 4.35. The Morgan fingerprint density at radius 2 is 1.83 bits per heavy atom. The smallest absolute Gasteiger partial charge is 0.241 e. The molecule has 6 nitrogen and oxygen atoms in total. The third kappa shape index (κ3) is 4.27. The highest BCUT2D eigenvalue weighted by atomic mass is 32.2. The van der Waals surface area contributed by atoms with E-state index < -0.39 is 26.1 Å². The molecule has 134 valence electrons. The summed E-state index contributed by atoms with van der Waals surface area (Å²) in [6, 6.07) is 9.33. The van der Waals surface area contributed by atoms with E-state index in [-0.39, 0.29) is 19.4 Å². The van der Waals surface area contributed by atoms with E-state index >= 15 is 0 Å². The van der Waals surface area contributed by atoms with Crippen LogP contribution >= 0.6 is 0 Å². The highest BCUT2D eigenvalue weighted by Crippen LogP contribution is 2.28. The van der Waals surface area contributed by atoms with Crippen LogP contribution in [-0.2, 0) is 14.6 Å². The molecule has 1 aromatic carbocycles. The second-order valence-corrected chi connectivity index (χ2v) is 9.20. The van der Waals surface area contributed by atoms with Crippen molar-refractivity contribution in [1.82, 2.24) is 10.6 Å². The summed E-state index contributed by atoms with van der Waals surface area (Å²) in [5.41, 5.74) is -0.650. The molecule has 0 saturated carbocycles. The number of amides is 1. The first-order valence-electron chi connectivity index (χ1n) is 8.09. The Kier molecular flexibility index (Phi) is 5.55. The van der Waals surface area contributed by atoms with Crippen LogP contribution in [0.4, 0.5) is 0 Å².